The van der Waals surface area contributed by atoms with Gasteiger partial charge in [-0.2, -0.15) is 0 Å². The van der Waals surface area contributed by atoms with Gasteiger partial charge in [0.25, 0.3) is 5.24 Å². The number of thioether (sulfide) groups is 1. The Morgan fingerprint density at radius 1 is 1.17 bits per heavy atom. The molecule has 0 atom stereocenters. The lowest BCUT2D eigenvalue weighted by Crippen LogP contribution is -2.58. The van der Waals surface area contributed by atoms with Crippen LogP contribution in [0.3, 0.4) is 0 Å². The molecule has 3 fully saturated rings. The van der Waals surface area contributed by atoms with Crippen LogP contribution in [0.25, 0.3) is 0 Å². The van der Waals surface area contributed by atoms with Crippen LogP contribution in [0.2, 0.25) is 0 Å². The molecule has 0 bridgehead atoms. The van der Waals surface area contributed by atoms with Crippen LogP contribution in [0, 0.1) is 5.41 Å². The van der Waals surface area contributed by atoms with Crippen molar-refractivity contribution < 1.29 is 19.2 Å². The van der Waals surface area contributed by atoms with Gasteiger partial charge in [0.15, 0.2) is 0 Å². The minimum atomic E-state index is -0.955. The fourth-order valence-electron chi connectivity index (χ4n) is 3.01. The van der Waals surface area contributed by atoms with Gasteiger partial charge in [0.2, 0.25) is 17.7 Å². The smallest absolute Gasteiger partial charge is 0.288 e. The summed E-state index contributed by atoms with van der Waals surface area (Å²) in [6, 6.07) is 0.213. The number of nitrogens with one attached hydrogen (secondary N) is 2. The zero-order chi connectivity index (χ0) is 16.4. The molecule has 4 amide bonds. The topological polar surface area (TPSA) is 95.6 Å². The van der Waals surface area contributed by atoms with Crippen LogP contribution in [-0.4, -0.2) is 52.7 Å². The third-order valence-corrected chi connectivity index (χ3v) is 5.84. The summed E-state index contributed by atoms with van der Waals surface area (Å²) in [6.45, 7) is 0.353. The minimum absolute atomic E-state index is 0.163. The van der Waals surface area contributed by atoms with Gasteiger partial charge in [0, 0.05) is 19.1 Å². The van der Waals surface area contributed by atoms with Crippen molar-refractivity contribution in [1.29, 1.82) is 0 Å². The van der Waals surface area contributed by atoms with Crippen LogP contribution in [0.15, 0.2) is 0 Å². The number of rotatable bonds is 6. The molecular formula is C15H21N3O4S. The van der Waals surface area contributed by atoms with Crippen molar-refractivity contribution in [3.63, 3.8) is 0 Å². The molecule has 2 aliphatic carbocycles. The Kier molecular flexibility index (Phi) is 4.61. The quantitative estimate of drug-likeness (QED) is 0.692. The highest BCUT2D eigenvalue weighted by Crippen LogP contribution is 2.42. The predicted octanol–water partition coefficient (Wildman–Crippen LogP) is 0.637. The normalized spacial score (nSPS) is 23.2. The first-order chi connectivity index (χ1) is 11.0. The van der Waals surface area contributed by atoms with Gasteiger partial charge in [-0.15, -0.1) is 0 Å². The number of carbonyl (C=O) groups excluding carboxylic acids is 4. The number of hydrogen-bond donors (Lipinski definition) is 2. The lowest BCUT2D eigenvalue weighted by molar-refractivity contribution is -0.150. The van der Waals surface area contributed by atoms with E-state index in [2.05, 4.69) is 10.6 Å². The van der Waals surface area contributed by atoms with E-state index in [9.17, 15) is 19.2 Å². The maximum Gasteiger partial charge on any atom is 0.288 e. The second-order valence-electron chi connectivity index (χ2n) is 6.39. The Morgan fingerprint density at radius 3 is 2.39 bits per heavy atom. The monoisotopic (exact) mass is 339 g/mol. The molecule has 2 saturated carbocycles. The van der Waals surface area contributed by atoms with E-state index in [4.69, 9.17) is 0 Å². The van der Waals surface area contributed by atoms with Gasteiger partial charge in [-0.3, -0.25) is 24.1 Å². The Balaban J connectivity index is 1.50. The largest absolute Gasteiger partial charge is 0.353 e. The molecule has 1 aliphatic heterocycles. The number of carbonyl (C=O) groups is 4. The molecule has 7 nitrogen and oxygen atoms in total. The van der Waals surface area contributed by atoms with Crippen LogP contribution < -0.4 is 10.6 Å². The summed E-state index contributed by atoms with van der Waals surface area (Å²) in [6.07, 6.45) is 5.09. The SMILES string of the molecule is O=C1CSC(=O)N1CCNC(=O)C1(C(=O)NC2CCC2)CCC1. The minimum Gasteiger partial charge on any atom is -0.353 e. The van der Waals surface area contributed by atoms with E-state index in [1.54, 1.807) is 0 Å². The van der Waals surface area contributed by atoms with Crippen LogP contribution >= 0.6 is 11.8 Å². The molecule has 2 N–H and O–H groups in total. The fraction of sp³-hybridized carbons (Fsp3) is 0.733. The molecule has 0 aromatic heterocycles. The van der Waals surface area contributed by atoms with Gasteiger partial charge >= 0.3 is 0 Å². The van der Waals surface area contributed by atoms with Crippen LogP contribution in [0.4, 0.5) is 4.79 Å². The zero-order valence-electron chi connectivity index (χ0n) is 12.9. The van der Waals surface area contributed by atoms with Crippen molar-refractivity contribution in [3.8, 4) is 0 Å². The van der Waals surface area contributed by atoms with E-state index < -0.39 is 5.41 Å². The van der Waals surface area contributed by atoms with Gasteiger partial charge in [0.05, 0.1) is 5.75 Å². The molecule has 0 spiro atoms. The number of amides is 4. The zero-order valence-corrected chi connectivity index (χ0v) is 13.7. The first-order valence-electron chi connectivity index (χ1n) is 8.09. The molecule has 0 aromatic rings. The first-order valence-corrected chi connectivity index (χ1v) is 9.08. The van der Waals surface area contributed by atoms with E-state index in [0.717, 1.165) is 42.3 Å². The van der Waals surface area contributed by atoms with Crippen LogP contribution in [0.5, 0.6) is 0 Å². The summed E-state index contributed by atoms with van der Waals surface area (Å²) in [7, 11) is 0. The highest BCUT2D eigenvalue weighted by atomic mass is 32.2. The average molecular weight is 339 g/mol. The summed E-state index contributed by atoms with van der Waals surface area (Å²) < 4.78 is 0. The second kappa shape index (κ2) is 6.51. The Bertz CT molecular complexity index is 527. The average Bonchev–Trinajstić information content (AvgIpc) is 2.73. The molecular weight excluding hydrogens is 318 g/mol. The third kappa shape index (κ3) is 3.08. The van der Waals surface area contributed by atoms with E-state index >= 15 is 0 Å². The lowest BCUT2D eigenvalue weighted by Gasteiger charge is -2.40. The molecule has 23 heavy (non-hydrogen) atoms. The van der Waals surface area contributed by atoms with Crippen LogP contribution in [-0.2, 0) is 14.4 Å². The molecule has 8 heteroatoms. The van der Waals surface area contributed by atoms with Crippen molar-refractivity contribution in [1.82, 2.24) is 15.5 Å². The van der Waals surface area contributed by atoms with Gasteiger partial charge < -0.3 is 10.6 Å². The highest BCUT2D eigenvalue weighted by molar-refractivity contribution is 8.14. The third-order valence-electron chi connectivity index (χ3n) is 4.98. The van der Waals surface area contributed by atoms with Crippen molar-refractivity contribution in [2.45, 2.75) is 44.6 Å². The Morgan fingerprint density at radius 2 is 1.91 bits per heavy atom. The molecule has 1 heterocycles. The molecule has 1 saturated heterocycles. The van der Waals surface area contributed by atoms with Crippen molar-refractivity contribution >= 4 is 34.7 Å². The summed E-state index contributed by atoms with van der Waals surface area (Å²) in [5.74, 6) is -0.516. The molecule has 3 rings (SSSR count). The van der Waals surface area contributed by atoms with E-state index in [-0.39, 0.29) is 47.8 Å². The van der Waals surface area contributed by atoms with E-state index in [0.29, 0.717) is 12.8 Å². The molecule has 126 valence electrons. The van der Waals surface area contributed by atoms with Gasteiger partial charge in [-0.1, -0.05) is 18.2 Å². The van der Waals surface area contributed by atoms with Gasteiger partial charge in [0.1, 0.15) is 5.41 Å². The van der Waals surface area contributed by atoms with E-state index in [1.807, 2.05) is 0 Å². The standard InChI is InChI=1S/C15H21N3O4S/c19-11-9-23-14(22)18(11)8-7-16-12(20)15(5-2-6-15)13(21)17-10-3-1-4-10/h10H,1-9H2,(H,16,20)(H,17,21). The second-order valence-corrected chi connectivity index (χ2v) is 7.32. The van der Waals surface area contributed by atoms with Gasteiger partial charge in [-0.05, 0) is 32.1 Å². The predicted molar refractivity (Wildman–Crippen MR) is 84.6 cm³/mol. The number of nitrogens with zero attached hydrogens (tertiary/aromatic N) is 1. The number of imide groups is 1. The maximum absolute atomic E-state index is 12.4. The van der Waals surface area contributed by atoms with Crippen molar-refractivity contribution in [2.24, 2.45) is 5.41 Å². The first kappa shape index (κ1) is 16.3. The molecule has 0 unspecified atom stereocenters. The molecule has 3 aliphatic rings. The molecule has 0 radical (unpaired) electrons. The lowest BCUT2D eigenvalue weighted by atomic mass is 9.67. The van der Waals surface area contributed by atoms with Crippen LogP contribution in [0.1, 0.15) is 38.5 Å². The van der Waals surface area contributed by atoms with Crippen molar-refractivity contribution in [2.75, 3.05) is 18.8 Å². The van der Waals surface area contributed by atoms with Crippen molar-refractivity contribution in [3.05, 3.63) is 0 Å². The maximum atomic E-state index is 12.4. The summed E-state index contributed by atoms with van der Waals surface area (Å²) in [5.41, 5.74) is -0.955. The van der Waals surface area contributed by atoms with E-state index in [1.165, 1.54) is 0 Å². The number of hydrogen-bond acceptors (Lipinski definition) is 5. The summed E-state index contributed by atoms with van der Waals surface area (Å²) in [4.78, 5) is 49.0. The Hall–Kier alpha value is -1.57. The molecule has 0 aromatic carbocycles. The summed E-state index contributed by atoms with van der Waals surface area (Å²) >= 11 is 0.975. The fourth-order valence-corrected chi connectivity index (χ4v) is 3.76. The highest BCUT2D eigenvalue weighted by Gasteiger charge is 2.51. The Labute approximate surface area is 138 Å². The summed E-state index contributed by atoms with van der Waals surface area (Å²) in [5, 5.41) is 5.42. The van der Waals surface area contributed by atoms with Gasteiger partial charge in [-0.25, -0.2) is 0 Å².